The number of hydrogen-bond acceptors (Lipinski definition) is 1. The van der Waals surface area contributed by atoms with Crippen LogP contribution in [-0.2, 0) is 0 Å². The van der Waals surface area contributed by atoms with Crippen molar-refractivity contribution >= 4 is 0 Å². The fourth-order valence-electron chi connectivity index (χ4n) is 2.11. The maximum Gasteiger partial charge on any atom is 0.0621 e. The third-order valence-corrected chi connectivity index (χ3v) is 3.43. The van der Waals surface area contributed by atoms with Crippen LogP contribution in [0.15, 0.2) is 36.5 Å². The predicted molar refractivity (Wildman–Crippen MR) is 94.1 cm³/mol. The lowest BCUT2D eigenvalue weighted by Gasteiger charge is -1.95. The Labute approximate surface area is 132 Å². The lowest BCUT2D eigenvalue weighted by molar-refractivity contribution is 0.654. The summed E-state index contributed by atoms with van der Waals surface area (Å²) in [5.41, 5.74) is 0. The zero-order valence-electron chi connectivity index (χ0n) is 13.9. The van der Waals surface area contributed by atoms with Gasteiger partial charge in [0.2, 0.25) is 0 Å². The van der Waals surface area contributed by atoms with Gasteiger partial charge in [0.15, 0.2) is 0 Å². The SMILES string of the molecule is CCCCC/C=C\C/C=C\C/C=C\CCCCCCC#N. The van der Waals surface area contributed by atoms with Crippen molar-refractivity contribution in [2.75, 3.05) is 0 Å². The molecule has 0 atom stereocenters. The zero-order valence-corrected chi connectivity index (χ0v) is 13.9. The second kappa shape index (κ2) is 18.7. The van der Waals surface area contributed by atoms with Gasteiger partial charge in [-0.2, -0.15) is 5.26 Å². The molecule has 0 heterocycles. The molecule has 0 fully saturated rings. The van der Waals surface area contributed by atoms with Gasteiger partial charge in [-0.05, 0) is 44.9 Å². The molecule has 21 heavy (non-hydrogen) atoms. The first-order chi connectivity index (χ1) is 10.4. The van der Waals surface area contributed by atoms with Crippen molar-refractivity contribution in [1.29, 1.82) is 5.26 Å². The van der Waals surface area contributed by atoms with Gasteiger partial charge in [0.05, 0.1) is 6.07 Å². The molecule has 0 bridgehead atoms. The maximum atomic E-state index is 8.42. The second-order valence-corrected chi connectivity index (χ2v) is 5.49. The van der Waals surface area contributed by atoms with Gasteiger partial charge >= 0.3 is 0 Å². The highest BCUT2D eigenvalue weighted by Gasteiger charge is 1.87. The van der Waals surface area contributed by atoms with Crippen molar-refractivity contribution in [2.24, 2.45) is 0 Å². The van der Waals surface area contributed by atoms with Crippen LogP contribution in [-0.4, -0.2) is 0 Å². The van der Waals surface area contributed by atoms with E-state index >= 15 is 0 Å². The number of allylic oxidation sites excluding steroid dienone is 6. The van der Waals surface area contributed by atoms with E-state index in [1.54, 1.807) is 0 Å². The summed E-state index contributed by atoms with van der Waals surface area (Å²) in [4.78, 5) is 0. The highest BCUT2D eigenvalue weighted by molar-refractivity contribution is 4.97. The quantitative estimate of drug-likeness (QED) is 0.252. The molecule has 0 unspecified atom stereocenters. The van der Waals surface area contributed by atoms with E-state index in [2.05, 4.69) is 49.4 Å². The summed E-state index contributed by atoms with van der Waals surface area (Å²) < 4.78 is 0. The van der Waals surface area contributed by atoms with E-state index in [0.29, 0.717) is 6.42 Å². The van der Waals surface area contributed by atoms with Crippen molar-refractivity contribution in [2.45, 2.75) is 84.0 Å². The lowest BCUT2D eigenvalue weighted by Crippen LogP contribution is -1.76. The van der Waals surface area contributed by atoms with Gasteiger partial charge in [0.25, 0.3) is 0 Å². The van der Waals surface area contributed by atoms with Gasteiger partial charge in [0.1, 0.15) is 0 Å². The van der Waals surface area contributed by atoms with E-state index in [9.17, 15) is 0 Å². The minimum absolute atomic E-state index is 0.716. The standard InChI is InChI=1S/C20H33N/c1-2-3-4-5-6-7-8-9-10-11-12-13-14-15-16-17-18-19-20-21/h6-7,9-10,12-13H,2-5,8,11,14-19H2,1H3/b7-6-,10-9-,13-12-. The van der Waals surface area contributed by atoms with E-state index in [-0.39, 0.29) is 0 Å². The molecule has 0 aromatic heterocycles. The topological polar surface area (TPSA) is 23.8 Å². The molecule has 0 aromatic carbocycles. The maximum absolute atomic E-state index is 8.42. The number of rotatable bonds is 14. The van der Waals surface area contributed by atoms with Gasteiger partial charge in [-0.25, -0.2) is 0 Å². The van der Waals surface area contributed by atoms with E-state index in [4.69, 9.17) is 5.26 Å². The van der Waals surface area contributed by atoms with Crippen LogP contribution in [0.25, 0.3) is 0 Å². The van der Waals surface area contributed by atoms with Crippen LogP contribution in [0.5, 0.6) is 0 Å². The molecule has 0 aliphatic carbocycles. The summed E-state index contributed by atoms with van der Waals surface area (Å²) in [5.74, 6) is 0. The molecule has 118 valence electrons. The molecule has 0 aliphatic rings. The Morgan fingerprint density at radius 2 is 1.19 bits per heavy atom. The molecule has 0 saturated heterocycles. The molecule has 0 saturated carbocycles. The predicted octanol–water partition coefficient (Wildman–Crippen LogP) is 6.88. The van der Waals surface area contributed by atoms with E-state index < -0.39 is 0 Å². The van der Waals surface area contributed by atoms with Crippen LogP contribution in [0, 0.1) is 11.3 Å². The average molecular weight is 287 g/mol. The summed E-state index contributed by atoms with van der Waals surface area (Å²) in [6.07, 6.45) is 27.6. The molecule has 0 rings (SSSR count). The van der Waals surface area contributed by atoms with Crippen molar-refractivity contribution in [3.63, 3.8) is 0 Å². The first-order valence-electron chi connectivity index (χ1n) is 8.73. The van der Waals surface area contributed by atoms with Crippen LogP contribution in [0.3, 0.4) is 0 Å². The molecule has 1 nitrogen and oxygen atoms in total. The van der Waals surface area contributed by atoms with E-state index in [0.717, 1.165) is 19.3 Å². The number of unbranched alkanes of at least 4 members (excludes halogenated alkanes) is 8. The summed E-state index contributed by atoms with van der Waals surface area (Å²) in [6.45, 7) is 2.24. The lowest BCUT2D eigenvalue weighted by atomic mass is 10.1. The molecule has 1 heteroatoms. The highest BCUT2D eigenvalue weighted by atomic mass is 14.2. The van der Waals surface area contributed by atoms with Gasteiger partial charge in [-0.15, -0.1) is 0 Å². The van der Waals surface area contributed by atoms with Gasteiger partial charge in [-0.3, -0.25) is 0 Å². The number of hydrogen-bond donors (Lipinski definition) is 0. The minimum atomic E-state index is 0.716. The Bertz CT molecular complexity index is 317. The molecular weight excluding hydrogens is 254 g/mol. The number of nitriles is 1. The molecule has 0 radical (unpaired) electrons. The first-order valence-corrected chi connectivity index (χ1v) is 8.73. The fourth-order valence-corrected chi connectivity index (χ4v) is 2.11. The highest BCUT2D eigenvalue weighted by Crippen LogP contribution is 2.05. The molecule has 0 aliphatic heterocycles. The van der Waals surface area contributed by atoms with Crippen LogP contribution >= 0.6 is 0 Å². The Morgan fingerprint density at radius 3 is 1.76 bits per heavy atom. The van der Waals surface area contributed by atoms with Gasteiger partial charge in [-0.1, -0.05) is 69.1 Å². The van der Waals surface area contributed by atoms with Crippen LogP contribution in [0.1, 0.15) is 84.0 Å². The first kappa shape index (κ1) is 19.7. The Morgan fingerprint density at radius 1 is 0.667 bits per heavy atom. The van der Waals surface area contributed by atoms with Crippen LogP contribution in [0.2, 0.25) is 0 Å². The second-order valence-electron chi connectivity index (χ2n) is 5.49. The van der Waals surface area contributed by atoms with Crippen molar-refractivity contribution in [3.05, 3.63) is 36.5 Å². The largest absolute Gasteiger partial charge is 0.198 e. The molecule has 0 spiro atoms. The summed E-state index contributed by atoms with van der Waals surface area (Å²) >= 11 is 0. The van der Waals surface area contributed by atoms with E-state index in [1.807, 2.05) is 0 Å². The molecule has 0 N–H and O–H groups in total. The van der Waals surface area contributed by atoms with Crippen molar-refractivity contribution in [1.82, 2.24) is 0 Å². The van der Waals surface area contributed by atoms with Crippen LogP contribution < -0.4 is 0 Å². The summed E-state index contributed by atoms with van der Waals surface area (Å²) in [7, 11) is 0. The summed E-state index contributed by atoms with van der Waals surface area (Å²) in [5, 5.41) is 8.42. The third kappa shape index (κ3) is 18.7. The molecular formula is C20H33N. The molecule has 0 aromatic rings. The van der Waals surface area contributed by atoms with Gasteiger partial charge in [0, 0.05) is 6.42 Å². The monoisotopic (exact) mass is 287 g/mol. The van der Waals surface area contributed by atoms with Crippen molar-refractivity contribution in [3.8, 4) is 6.07 Å². The van der Waals surface area contributed by atoms with Crippen LogP contribution in [0.4, 0.5) is 0 Å². The normalized spacial score (nSPS) is 11.8. The Balaban J connectivity index is 3.27. The molecule has 0 amide bonds. The van der Waals surface area contributed by atoms with Crippen molar-refractivity contribution < 1.29 is 0 Å². The fraction of sp³-hybridized carbons (Fsp3) is 0.650. The number of nitrogens with zero attached hydrogens (tertiary/aromatic N) is 1. The third-order valence-electron chi connectivity index (χ3n) is 3.43. The summed E-state index contributed by atoms with van der Waals surface area (Å²) in [6, 6.07) is 2.19. The average Bonchev–Trinajstić information content (AvgIpc) is 2.50. The minimum Gasteiger partial charge on any atom is -0.198 e. The zero-order chi connectivity index (χ0) is 15.4. The van der Waals surface area contributed by atoms with Gasteiger partial charge < -0.3 is 0 Å². The Kier molecular flexibility index (Phi) is 17.6. The smallest absolute Gasteiger partial charge is 0.0621 e. The Hall–Kier alpha value is -1.29. The van der Waals surface area contributed by atoms with E-state index in [1.165, 1.54) is 51.4 Å².